The summed E-state index contributed by atoms with van der Waals surface area (Å²) in [5.41, 5.74) is 5.19. The van der Waals surface area contributed by atoms with Crippen LogP contribution in [0.25, 0.3) is 0 Å². The van der Waals surface area contributed by atoms with Gasteiger partial charge in [0.25, 0.3) is 5.91 Å². The normalized spacial score (nSPS) is 17.0. The molecule has 2 rings (SSSR count). The Bertz CT molecular complexity index is 585. The zero-order valence-corrected chi connectivity index (χ0v) is 14.5. The van der Waals surface area contributed by atoms with Gasteiger partial charge in [-0.15, -0.1) is 12.4 Å². The fourth-order valence-corrected chi connectivity index (χ4v) is 2.50. The fraction of sp³-hybridized carbons (Fsp3) is 0.500. The molecule has 1 fully saturated rings. The lowest BCUT2D eigenvalue weighted by Gasteiger charge is -2.36. The highest BCUT2D eigenvalue weighted by atomic mass is 35.5. The van der Waals surface area contributed by atoms with Gasteiger partial charge < -0.3 is 15.5 Å². The summed E-state index contributed by atoms with van der Waals surface area (Å²) in [6.45, 7) is 4.67. The molecule has 1 saturated heterocycles. The monoisotopic (exact) mass is 361 g/mol. The minimum absolute atomic E-state index is 0. The van der Waals surface area contributed by atoms with Crippen LogP contribution in [-0.4, -0.2) is 53.8 Å². The number of carbonyl (C=O) groups is 2. The average Bonchev–Trinajstić information content (AvgIpc) is 2.53. The third kappa shape index (κ3) is 4.21. The molecule has 134 valence electrons. The molecule has 1 aliphatic heterocycles. The van der Waals surface area contributed by atoms with E-state index in [0.29, 0.717) is 13.1 Å². The molecule has 0 radical (unpaired) electrons. The van der Waals surface area contributed by atoms with Crippen LogP contribution < -0.4 is 5.73 Å². The van der Waals surface area contributed by atoms with Gasteiger partial charge in [-0.3, -0.25) is 9.59 Å². The predicted molar refractivity (Wildman–Crippen MR) is 88.9 cm³/mol. The number of hydrogen-bond donors (Lipinski definition) is 1. The highest BCUT2D eigenvalue weighted by Crippen LogP contribution is 2.17. The lowest BCUT2D eigenvalue weighted by atomic mass is 10.0. The van der Waals surface area contributed by atoms with E-state index in [-0.39, 0.29) is 43.4 Å². The van der Waals surface area contributed by atoms with Crippen molar-refractivity contribution in [2.24, 2.45) is 11.7 Å². The van der Waals surface area contributed by atoms with Crippen molar-refractivity contribution in [3.63, 3.8) is 0 Å². The van der Waals surface area contributed by atoms with Crippen molar-refractivity contribution in [2.45, 2.75) is 19.9 Å². The van der Waals surface area contributed by atoms with E-state index in [9.17, 15) is 18.4 Å². The van der Waals surface area contributed by atoms with E-state index in [1.165, 1.54) is 11.0 Å². The predicted octanol–water partition coefficient (Wildman–Crippen LogP) is 1.65. The molecule has 2 N–H and O–H groups in total. The van der Waals surface area contributed by atoms with Gasteiger partial charge in [0.15, 0.2) is 0 Å². The van der Waals surface area contributed by atoms with Crippen LogP contribution in [0.15, 0.2) is 18.2 Å². The first-order chi connectivity index (χ1) is 10.8. The second-order valence-electron chi connectivity index (χ2n) is 5.86. The molecule has 0 aliphatic carbocycles. The van der Waals surface area contributed by atoms with Crippen LogP contribution in [0, 0.1) is 17.6 Å². The molecule has 8 heteroatoms. The lowest BCUT2D eigenvalue weighted by Crippen LogP contribution is -2.53. The Morgan fingerprint density at radius 1 is 1.04 bits per heavy atom. The van der Waals surface area contributed by atoms with Crippen molar-refractivity contribution in [2.75, 3.05) is 26.2 Å². The molecule has 2 unspecified atom stereocenters. The molecule has 0 spiro atoms. The average molecular weight is 362 g/mol. The van der Waals surface area contributed by atoms with Crippen LogP contribution in [0.4, 0.5) is 8.78 Å². The summed E-state index contributed by atoms with van der Waals surface area (Å²) in [5.74, 6) is -2.81. The van der Waals surface area contributed by atoms with Crippen LogP contribution in [0.1, 0.15) is 24.2 Å². The highest BCUT2D eigenvalue weighted by Gasteiger charge is 2.30. The van der Waals surface area contributed by atoms with Gasteiger partial charge in [0.2, 0.25) is 5.91 Å². The van der Waals surface area contributed by atoms with Crippen LogP contribution >= 0.6 is 12.4 Å². The number of nitrogens with two attached hydrogens (primary N) is 1. The van der Waals surface area contributed by atoms with Crippen LogP contribution in [-0.2, 0) is 4.79 Å². The van der Waals surface area contributed by atoms with Gasteiger partial charge in [0.05, 0.1) is 5.92 Å². The molecule has 1 aromatic carbocycles. The largest absolute Gasteiger partial charge is 0.339 e. The van der Waals surface area contributed by atoms with Gasteiger partial charge in [-0.2, -0.15) is 0 Å². The second kappa shape index (κ2) is 8.39. The maximum Gasteiger partial charge on any atom is 0.259 e. The Balaban J connectivity index is 0.00000288. The fourth-order valence-electron chi connectivity index (χ4n) is 2.50. The number of amides is 2. The maximum atomic E-state index is 13.7. The Kier molecular flexibility index (Phi) is 7.10. The summed E-state index contributed by atoms with van der Waals surface area (Å²) >= 11 is 0. The molecular weight excluding hydrogens is 340 g/mol. The minimum Gasteiger partial charge on any atom is -0.339 e. The summed E-state index contributed by atoms with van der Waals surface area (Å²) in [7, 11) is 0. The smallest absolute Gasteiger partial charge is 0.259 e. The molecule has 0 saturated carbocycles. The molecule has 1 aliphatic rings. The SMILES string of the molecule is CC(N)C(C)C(=O)N1CCN(C(=O)c2c(F)cccc2F)CC1.Cl. The summed E-state index contributed by atoms with van der Waals surface area (Å²) in [6.07, 6.45) is 0. The maximum absolute atomic E-state index is 13.7. The third-order valence-corrected chi connectivity index (χ3v) is 4.23. The molecule has 2 atom stereocenters. The Labute approximate surface area is 146 Å². The first kappa shape index (κ1) is 20.3. The van der Waals surface area contributed by atoms with E-state index in [4.69, 9.17) is 5.73 Å². The van der Waals surface area contributed by atoms with E-state index in [0.717, 1.165) is 12.1 Å². The van der Waals surface area contributed by atoms with Gasteiger partial charge in [-0.05, 0) is 19.1 Å². The van der Waals surface area contributed by atoms with Crippen molar-refractivity contribution in [3.8, 4) is 0 Å². The molecule has 2 amide bonds. The van der Waals surface area contributed by atoms with Crippen molar-refractivity contribution < 1.29 is 18.4 Å². The van der Waals surface area contributed by atoms with E-state index in [1.54, 1.807) is 18.7 Å². The summed E-state index contributed by atoms with van der Waals surface area (Å²) in [6, 6.07) is 3.07. The number of carbonyl (C=O) groups excluding carboxylic acids is 2. The quantitative estimate of drug-likeness (QED) is 0.890. The standard InChI is InChI=1S/C16H21F2N3O2.ClH/c1-10(11(2)19)15(22)20-6-8-21(9-7-20)16(23)14-12(17)4-3-5-13(14)18;/h3-5,10-11H,6-9,19H2,1-2H3;1H. The minimum atomic E-state index is -0.876. The number of benzene rings is 1. The first-order valence-corrected chi connectivity index (χ1v) is 7.60. The van der Waals surface area contributed by atoms with Crippen LogP contribution in [0.2, 0.25) is 0 Å². The molecule has 0 bridgehead atoms. The van der Waals surface area contributed by atoms with Gasteiger partial charge in [0.1, 0.15) is 17.2 Å². The van der Waals surface area contributed by atoms with E-state index >= 15 is 0 Å². The zero-order valence-electron chi connectivity index (χ0n) is 13.7. The Morgan fingerprint density at radius 2 is 1.50 bits per heavy atom. The number of rotatable bonds is 3. The summed E-state index contributed by atoms with van der Waals surface area (Å²) in [5, 5.41) is 0. The van der Waals surface area contributed by atoms with Crippen molar-refractivity contribution >= 4 is 24.2 Å². The van der Waals surface area contributed by atoms with Gasteiger partial charge >= 0.3 is 0 Å². The topological polar surface area (TPSA) is 66.6 Å². The highest BCUT2D eigenvalue weighted by molar-refractivity contribution is 5.95. The summed E-state index contributed by atoms with van der Waals surface area (Å²) < 4.78 is 27.4. The van der Waals surface area contributed by atoms with Gasteiger partial charge in [-0.25, -0.2) is 8.78 Å². The van der Waals surface area contributed by atoms with E-state index in [1.807, 2.05) is 0 Å². The number of piperazine rings is 1. The van der Waals surface area contributed by atoms with E-state index in [2.05, 4.69) is 0 Å². The molecule has 0 aromatic heterocycles. The molecule has 5 nitrogen and oxygen atoms in total. The lowest BCUT2D eigenvalue weighted by molar-refractivity contribution is -0.137. The van der Waals surface area contributed by atoms with Crippen LogP contribution in [0.5, 0.6) is 0 Å². The number of halogens is 3. The number of nitrogens with zero attached hydrogens (tertiary/aromatic N) is 2. The summed E-state index contributed by atoms with van der Waals surface area (Å²) in [4.78, 5) is 27.5. The molecule has 1 aromatic rings. The third-order valence-electron chi connectivity index (χ3n) is 4.23. The van der Waals surface area contributed by atoms with Crippen LogP contribution in [0.3, 0.4) is 0 Å². The Hall–Kier alpha value is -1.73. The number of hydrogen-bond acceptors (Lipinski definition) is 3. The van der Waals surface area contributed by atoms with Gasteiger partial charge in [0, 0.05) is 32.2 Å². The molecule has 1 heterocycles. The molecule has 24 heavy (non-hydrogen) atoms. The van der Waals surface area contributed by atoms with Crippen molar-refractivity contribution in [1.82, 2.24) is 9.80 Å². The molecular formula is C16H22ClF2N3O2. The Morgan fingerprint density at radius 3 is 1.96 bits per heavy atom. The first-order valence-electron chi connectivity index (χ1n) is 7.60. The van der Waals surface area contributed by atoms with Crippen molar-refractivity contribution in [3.05, 3.63) is 35.4 Å². The second-order valence-corrected chi connectivity index (χ2v) is 5.86. The van der Waals surface area contributed by atoms with Gasteiger partial charge in [-0.1, -0.05) is 13.0 Å². The van der Waals surface area contributed by atoms with E-state index < -0.39 is 23.1 Å². The zero-order chi connectivity index (χ0) is 17.1. The van der Waals surface area contributed by atoms with Crippen molar-refractivity contribution in [1.29, 1.82) is 0 Å².